The van der Waals surface area contributed by atoms with Crippen molar-refractivity contribution in [2.45, 2.75) is 90.0 Å². The lowest BCUT2D eigenvalue weighted by Crippen LogP contribution is -2.54. The molecular formula is C25H42O5Si2. The number of rotatable bonds is 7. The summed E-state index contributed by atoms with van der Waals surface area (Å²) in [4.78, 5) is 13.3. The highest BCUT2D eigenvalue weighted by atomic mass is 28.4. The SMILES string of the molecule is COc1ccc(C2=CC(=O)[C@H](O[Si](C)(C)C(C)(C)C)[C@@H](CO[Si](C)(C)C(C)(C)C)O2)cc1. The molecule has 7 heteroatoms. The van der Waals surface area contributed by atoms with E-state index < -0.39 is 28.8 Å². The number of hydrogen-bond donors (Lipinski definition) is 0. The lowest BCUT2D eigenvalue weighted by atomic mass is 10.0. The van der Waals surface area contributed by atoms with Crippen LogP contribution in [0.4, 0.5) is 0 Å². The molecule has 0 aromatic heterocycles. The number of carbonyl (C=O) groups is 1. The third-order valence-electron chi connectivity index (χ3n) is 7.19. The lowest BCUT2D eigenvalue weighted by Gasteiger charge is -2.43. The molecule has 0 aliphatic carbocycles. The first-order chi connectivity index (χ1) is 14.5. The van der Waals surface area contributed by atoms with E-state index in [1.165, 1.54) is 0 Å². The van der Waals surface area contributed by atoms with Crippen molar-refractivity contribution in [2.24, 2.45) is 0 Å². The van der Waals surface area contributed by atoms with Crippen molar-refractivity contribution in [3.63, 3.8) is 0 Å². The molecular weight excluding hydrogens is 436 g/mol. The average Bonchev–Trinajstić information content (AvgIpc) is 2.66. The van der Waals surface area contributed by atoms with E-state index in [2.05, 4.69) is 67.7 Å². The molecule has 0 radical (unpaired) electrons. The summed E-state index contributed by atoms with van der Waals surface area (Å²) in [5.41, 5.74) is 0.835. The van der Waals surface area contributed by atoms with Crippen LogP contribution in [-0.2, 0) is 18.4 Å². The number of methoxy groups -OCH3 is 1. The van der Waals surface area contributed by atoms with E-state index in [0.29, 0.717) is 12.4 Å². The number of ether oxygens (including phenoxy) is 2. The second-order valence-electron chi connectivity index (χ2n) is 11.7. The predicted octanol–water partition coefficient (Wildman–Crippen LogP) is 6.42. The van der Waals surface area contributed by atoms with Gasteiger partial charge in [-0.15, -0.1) is 0 Å². The Hall–Kier alpha value is -1.42. The molecule has 1 aliphatic rings. The molecule has 1 heterocycles. The van der Waals surface area contributed by atoms with Crippen molar-refractivity contribution in [3.05, 3.63) is 35.9 Å². The normalized spacial score (nSPS) is 20.6. The molecule has 2 atom stereocenters. The first-order valence-electron chi connectivity index (χ1n) is 11.4. The maximum Gasteiger partial charge on any atom is 0.193 e. The second kappa shape index (κ2) is 9.45. The number of benzene rings is 1. The molecule has 5 nitrogen and oxygen atoms in total. The van der Waals surface area contributed by atoms with Gasteiger partial charge in [0.2, 0.25) is 0 Å². The molecule has 0 fully saturated rings. The largest absolute Gasteiger partial charge is 0.497 e. The van der Waals surface area contributed by atoms with Crippen LogP contribution in [0, 0.1) is 0 Å². The molecule has 180 valence electrons. The zero-order chi connectivity index (χ0) is 24.5. The first-order valence-corrected chi connectivity index (χ1v) is 17.2. The monoisotopic (exact) mass is 478 g/mol. The van der Waals surface area contributed by atoms with Crippen LogP contribution in [0.1, 0.15) is 47.1 Å². The fourth-order valence-corrected chi connectivity index (χ4v) is 5.09. The maximum atomic E-state index is 13.3. The van der Waals surface area contributed by atoms with Gasteiger partial charge in [-0.2, -0.15) is 0 Å². The summed E-state index contributed by atoms with van der Waals surface area (Å²) in [7, 11) is -2.58. The Morgan fingerprint density at radius 3 is 1.91 bits per heavy atom. The van der Waals surface area contributed by atoms with Gasteiger partial charge >= 0.3 is 0 Å². The van der Waals surface area contributed by atoms with E-state index in [4.69, 9.17) is 18.3 Å². The summed E-state index contributed by atoms with van der Waals surface area (Å²) < 4.78 is 24.7. The van der Waals surface area contributed by atoms with Crippen molar-refractivity contribution in [3.8, 4) is 5.75 Å². The van der Waals surface area contributed by atoms with E-state index in [-0.39, 0.29) is 15.9 Å². The Labute approximate surface area is 196 Å². The van der Waals surface area contributed by atoms with E-state index in [1.807, 2.05) is 24.3 Å². The summed E-state index contributed by atoms with van der Waals surface area (Å²) in [6.07, 6.45) is 0.415. The average molecular weight is 479 g/mol. The highest BCUT2D eigenvalue weighted by molar-refractivity contribution is 6.74. The molecule has 0 saturated carbocycles. The Kier molecular flexibility index (Phi) is 7.92. The van der Waals surface area contributed by atoms with E-state index in [9.17, 15) is 4.79 Å². The van der Waals surface area contributed by atoms with Gasteiger partial charge in [-0.05, 0) is 60.5 Å². The Morgan fingerprint density at radius 2 is 1.44 bits per heavy atom. The van der Waals surface area contributed by atoms with E-state index >= 15 is 0 Å². The quantitative estimate of drug-likeness (QED) is 0.423. The van der Waals surface area contributed by atoms with Crippen LogP contribution in [0.5, 0.6) is 5.75 Å². The maximum absolute atomic E-state index is 13.3. The van der Waals surface area contributed by atoms with Crippen molar-refractivity contribution < 1.29 is 23.1 Å². The summed E-state index contributed by atoms with van der Waals surface area (Å²) in [6.45, 7) is 22.2. The van der Waals surface area contributed by atoms with Crippen molar-refractivity contribution in [2.75, 3.05) is 13.7 Å². The summed E-state index contributed by atoms with van der Waals surface area (Å²) in [5.74, 6) is 1.25. The molecule has 1 aromatic carbocycles. The number of ketones is 1. The van der Waals surface area contributed by atoms with Crippen LogP contribution in [0.3, 0.4) is 0 Å². The van der Waals surface area contributed by atoms with Gasteiger partial charge in [-0.3, -0.25) is 4.79 Å². The van der Waals surface area contributed by atoms with Gasteiger partial charge in [0.25, 0.3) is 0 Å². The minimum absolute atomic E-state index is 0.0158. The molecule has 0 spiro atoms. The standard InChI is InChI=1S/C25H42O5Si2/c1-24(2,3)31(8,9)28-17-22-23(30-32(10,11)25(4,5)6)20(26)16-21(29-22)18-12-14-19(27-7)15-13-18/h12-16,22-23H,17H2,1-11H3/t22-,23+/m1/s1. The van der Waals surface area contributed by atoms with Crippen LogP contribution in [0.2, 0.25) is 36.3 Å². The van der Waals surface area contributed by atoms with Gasteiger partial charge < -0.3 is 18.3 Å². The lowest BCUT2D eigenvalue weighted by molar-refractivity contribution is -0.130. The summed E-state index contributed by atoms with van der Waals surface area (Å²) >= 11 is 0. The van der Waals surface area contributed by atoms with Gasteiger partial charge in [0.1, 0.15) is 17.6 Å². The molecule has 0 unspecified atom stereocenters. The highest BCUT2D eigenvalue weighted by Gasteiger charge is 2.46. The van der Waals surface area contributed by atoms with E-state index in [1.54, 1.807) is 13.2 Å². The molecule has 0 amide bonds. The zero-order valence-electron chi connectivity index (χ0n) is 21.8. The van der Waals surface area contributed by atoms with Gasteiger partial charge in [0, 0.05) is 11.6 Å². The third kappa shape index (κ3) is 6.13. The molecule has 0 N–H and O–H groups in total. The predicted molar refractivity (Wildman–Crippen MR) is 136 cm³/mol. The van der Waals surface area contributed by atoms with Crippen molar-refractivity contribution in [1.82, 2.24) is 0 Å². The van der Waals surface area contributed by atoms with Crippen molar-refractivity contribution >= 4 is 28.2 Å². The van der Waals surface area contributed by atoms with Gasteiger partial charge in [0.15, 0.2) is 28.5 Å². The summed E-state index contributed by atoms with van der Waals surface area (Å²) in [5, 5.41) is 0.0498. The first kappa shape index (κ1) is 26.8. The van der Waals surface area contributed by atoms with Crippen molar-refractivity contribution in [1.29, 1.82) is 0 Å². The molecule has 1 aliphatic heterocycles. The molecule has 0 saturated heterocycles. The topological polar surface area (TPSA) is 54.0 Å². The minimum Gasteiger partial charge on any atom is -0.497 e. The third-order valence-corrected chi connectivity index (χ3v) is 16.1. The van der Waals surface area contributed by atoms with E-state index in [0.717, 1.165) is 11.3 Å². The van der Waals surface area contributed by atoms with Gasteiger partial charge in [0.05, 0.1) is 13.7 Å². The van der Waals surface area contributed by atoms with Crippen LogP contribution in [0.25, 0.3) is 5.76 Å². The van der Waals surface area contributed by atoms with Crippen LogP contribution in [0.15, 0.2) is 30.3 Å². The minimum atomic E-state index is -2.19. The fraction of sp³-hybridized carbons (Fsp3) is 0.640. The van der Waals surface area contributed by atoms with Crippen LogP contribution >= 0.6 is 0 Å². The smallest absolute Gasteiger partial charge is 0.193 e. The van der Waals surface area contributed by atoms with Gasteiger partial charge in [-0.25, -0.2) is 0 Å². The summed E-state index contributed by atoms with van der Waals surface area (Å²) in [6, 6.07) is 7.53. The number of hydrogen-bond acceptors (Lipinski definition) is 5. The Bertz CT molecular complexity index is 829. The van der Waals surface area contributed by atoms with Gasteiger partial charge in [-0.1, -0.05) is 41.5 Å². The molecule has 2 rings (SSSR count). The van der Waals surface area contributed by atoms with Crippen LogP contribution < -0.4 is 4.74 Å². The molecule has 0 bridgehead atoms. The molecule has 32 heavy (non-hydrogen) atoms. The second-order valence-corrected chi connectivity index (χ2v) is 21.2. The fourth-order valence-electron chi connectivity index (χ4n) is 2.82. The number of carbonyl (C=O) groups excluding carboxylic acids is 1. The Morgan fingerprint density at radius 1 is 0.906 bits per heavy atom. The highest BCUT2D eigenvalue weighted by Crippen LogP contribution is 2.40. The molecule has 1 aromatic rings. The van der Waals surface area contributed by atoms with Crippen LogP contribution in [-0.4, -0.2) is 48.3 Å². The Balaban J connectivity index is 2.36. The zero-order valence-corrected chi connectivity index (χ0v) is 23.8.